The third-order valence-electron chi connectivity index (χ3n) is 7.19. The number of rotatable bonds is 7. The van der Waals surface area contributed by atoms with Crippen LogP contribution in [0.4, 0.5) is 10.1 Å². The lowest BCUT2D eigenvalue weighted by molar-refractivity contribution is 0.160. The van der Waals surface area contributed by atoms with Gasteiger partial charge in [0.2, 0.25) is 0 Å². The molecule has 0 saturated carbocycles. The van der Waals surface area contributed by atoms with Gasteiger partial charge in [0.05, 0.1) is 24.9 Å². The fourth-order valence-corrected chi connectivity index (χ4v) is 5.64. The molecule has 2 saturated heterocycles. The highest BCUT2D eigenvalue weighted by molar-refractivity contribution is 9.10. The highest BCUT2D eigenvalue weighted by Crippen LogP contribution is 2.39. The number of hydrogen-bond acceptors (Lipinski definition) is 7. The van der Waals surface area contributed by atoms with E-state index in [1.165, 1.54) is 25.5 Å². The van der Waals surface area contributed by atoms with Crippen LogP contribution in [0.1, 0.15) is 19.8 Å². The Morgan fingerprint density at radius 3 is 2.82 bits per heavy atom. The molecule has 5 rings (SSSR count). The van der Waals surface area contributed by atoms with Gasteiger partial charge in [-0.1, -0.05) is 15.9 Å². The van der Waals surface area contributed by atoms with Crippen molar-refractivity contribution in [3.8, 4) is 0 Å². The van der Waals surface area contributed by atoms with Crippen molar-refractivity contribution in [2.45, 2.75) is 25.3 Å². The number of fused-ring (bicyclic) bond motifs is 2. The zero-order chi connectivity index (χ0) is 23.7. The van der Waals surface area contributed by atoms with E-state index in [1.54, 1.807) is 19.2 Å². The lowest BCUT2D eigenvalue weighted by Gasteiger charge is -2.35. The minimum Gasteiger partial charge on any atom is -0.497 e. The topological polar surface area (TPSA) is 70.5 Å². The molecule has 1 aliphatic carbocycles. The van der Waals surface area contributed by atoms with Crippen molar-refractivity contribution in [2.75, 3.05) is 51.8 Å². The monoisotopic (exact) mass is 531 g/mol. The molecule has 182 valence electrons. The van der Waals surface area contributed by atoms with Crippen LogP contribution in [-0.4, -0.2) is 69.1 Å². The van der Waals surface area contributed by atoms with Crippen LogP contribution in [0.3, 0.4) is 0 Å². The number of benzene rings is 1. The predicted octanol–water partition coefficient (Wildman–Crippen LogP) is 3.95. The molecular formula is C25H31BrFN5O2. The summed E-state index contributed by atoms with van der Waals surface area (Å²) in [5.74, 6) is 3.27. The van der Waals surface area contributed by atoms with Gasteiger partial charge in [-0.25, -0.2) is 9.38 Å². The van der Waals surface area contributed by atoms with Crippen LogP contribution in [0.15, 0.2) is 55.8 Å². The van der Waals surface area contributed by atoms with E-state index in [2.05, 4.69) is 41.4 Å². The number of methoxy groups -OCH3 is 1. The summed E-state index contributed by atoms with van der Waals surface area (Å²) < 4.78 is 27.0. The number of amidine groups is 1. The van der Waals surface area contributed by atoms with Gasteiger partial charge < -0.3 is 25.0 Å². The minimum atomic E-state index is -0.560. The Kier molecular flexibility index (Phi) is 6.77. The summed E-state index contributed by atoms with van der Waals surface area (Å²) in [6.45, 7) is 8.34. The molecule has 3 atom stereocenters. The van der Waals surface area contributed by atoms with Gasteiger partial charge in [0.25, 0.3) is 0 Å². The number of nitrogens with zero attached hydrogens (tertiary/aromatic N) is 3. The van der Waals surface area contributed by atoms with E-state index in [-0.39, 0.29) is 5.82 Å². The highest BCUT2D eigenvalue weighted by Gasteiger charge is 2.40. The molecule has 3 aliphatic heterocycles. The normalized spacial score (nSPS) is 28.4. The van der Waals surface area contributed by atoms with Crippen molar-refractivity contribution in [3.63, 3.8) is 0 Å². The van der Waals surface area contributed by atoms with Gasteiger partial charge in [-0.3, -0.25) is 4.99 Å². The molecule has 0 radical (unpaired) electrons. The third-order valence-corrected chi connectivity index (χ3v) is 7.69. The van der Waals surface area contributed by atoms with Gasteiger partial charge in [0.1, 0.15) is 23.8 Å². The number of allylic oxidation sites excluding steroid dienone is 1. The van der Waals surface area contributed by atoms with Crippen molar-refractivity contribution in [3.05, 3.63) is 51.7 Å². The van der Waals surface area contributed by atoms with Crippen LogP contribution < -0.4 is 10.6 Å². The minimum absolute atomic E-state index is 0.357. The van der Waals surface area contributed by atoms with Crippen LogP contribution >= 0.6 is 15.9 Å². The number of aliphatic imine (C=N–C) groups is 2. The van der Waals surface area contributed by atoms with Crippen molar-refractivity contribution in [2.24, 2.45) is 21.8 Å². The van der Waals surface area contributed by atoms with Gasteiger partial charge in [0.15, 0.2) is 5.76 Å². The molecule has 3 heterocycles. The quantitative estimate of drug-likeness (QED) is 0.521. The van der Waals surface area contributed by atoms with Crippen LogP contribution in [-0.2, 0) is 9.47 Å². The standard InChI is InChI=1S/C25H31BrFN5O2/c1-25-10-23(33-2)22(34-7-3-6-32-13-16-11-28-12-17(16)14-32)9-19(25)24(29-15-30-25)31-21-5-4-18(26)8-20(21)27/h4-5,8-9,15-17,28H,3,6-7,10-14H2,1-2H3,(H,29,30,31). The fraction of sp³-hybridized carbons (Fsp3) is 0.520. The Morgan fingerprint density at radius 1 is 1.29 bits per heavy atom. The molecule has 3 unspecified atom stereocenters. The Hall–Kier alpha value is -2.23. The van der Waals surface area contributed by atoms with Gasteiger partial charge >= 0.3 is 0 Å². The number of nitrogens with one attached hydrogen (secondary N) is 2. The van der Waals surface area contributed by atoms with Crippen LogP contribution in [0, 0.1) is 17.7 Å². The summed E-state index contributed by atoms with van der Waals surface area (Å²) in [5, 5.41) is 6.63. The highest BCUT2D eigenvalue weighted by atomic mass is 79.9. The summed E-state index contributed by atoms with van der Waals surface area (Å²) >= 11 is 3.30. The molecular weight excluding hydrogens is 501 g/mol. The lowest BCUT2D eigenvalue weighted by atomic mass is 9.82. The van der Waals surface area contributed by atoms with Gasteiger partial charge in [-0.15, -0.1) is 0 Å². The Balaban J connectivity index is 1.26. The maximum Gasteiger partial charge on any atom is 0.157 e. The number of halogens is 2. The van der Waals surface area contributed by atoms with Crippen molar-refractivity contribution in [1.82, 2.24) is 10.2 Å². The lowest BCUT2D eigenvalue weighted by Crippen LogP contribution is -2.38. The smallest absolute Gasteiger partial charge is 0.157 e. The van der Waals surface area contributed by atoms with Crippen LogP contribution in [0.25, 0.3) is 0 Å². The number of ether oxygens (including phenoxy) is 2. The zero-order valence-electron chi connectivity index (χ0n) is 19.6. The molecule has 4 aliphatic rings. The molecule has 1 aromatic carbocycles. The van der Waals surface area contributed by atoms with Crippen molar-refractivity contribution >= 4 is 33.8 Å². The second-order valence-corrected chi connectivity index (χ2v) is 10.5. The van der Waals surface area contributed by atoms with Crippen LogP contribution in [0.2, 0.25) is 0 Å². The Bertz CT molecular complexity index is 1060. The van der Waals surface area contributed by atoms with Crippen LogP contribution in [0.5, 0.6) is 0 Å². The van der Waals surface area contributed by atoms with E-state index >= 15 is 0 Å². The van der Waals surface area contributed by atoms with E-state index in [1.807, 2.05) is 13.0 Å². The SMILES string of the molecule is COC1=C(OCCCN2CC3CNCC3C2)C=C2C(Nc3ccc(Br)cc3F)=NC=NC2(C)C1. The maximum atomic E-state index is 14.5. The van der Waals surface area contributed by atoms with E-state index < -0.39 is 5.54 Å². The first-order valence-electron chi connectivity index (χ1n) is 11.8. The summed E-state index contributed by atoms with van der Waals surface area (Å²) in [7, 11) is 1.66. The first-order chi connectivity index (χ1) is 16.4. The molecule has 0 amide bonds. The molecule has 9 heteroatoms. The first kappa shape index (κ1) is 23.5. The number of likely N-dealkylation sites (tertiary alicyclic amines) is 1. The molecule has 7 nitrogen and oxygen atoms in total. The van der Waals surface area contributed by atoms with E-state index in [9.17, 15) is 4.39 Å². The summed E-state index contributed by atoms with van der Waals surface area (Å²) in [5.41, 5.74) is 0.651. The summed E-state index contributed by atoms with van der Waals surface area (Å²) in [4.78, 5) is 11.6. The van der Waals surface area contributed by atoms with E-state index in [0.717, 1.165) is 49.2 Å². The first-order valence-corrected chi connectivity index (χ1v) is 12.6. The average Bonchev–Trinajstić information content (AvgIpc) is 3.40. The summed E-state index contributed by atoms with van der Waals surface area (Å²) in [6, 6.07) is 4.90. The molecule has 2 fully saturated rings. The number of anilines is 1. The zero-order valence-corrected chi connectivity index (χ0v) is 21.2. The fourth-order valence-electron chi connectivity index (χ4n) is 5.30. The Labute approximate surface area is 208 Å². The second-order valence-electron chi connectivity index (χ2n) is 9.61. The molecule has 2 N–H and O–H groups in total. The van der Waals surface area contributed by atoms with Gasteiger partial charge in [-0.2, -0.15) is 0 Å². The van der Waals surface area contributed by atoms with Gasteiger partial charge in [-0.05, 0) is 62.5 Å². The van der Waals surface area contributed by atoms with Gasteiger partial charge in [0, 0.05) is 36.1 Å². The predicted molar refractivity (Wildman–Crippen MR) is 136 cm³/mol. The molecule has 0 aromatic heterocycles. The molecule has 0 bridgehead atoms. The number of hydrogen-bond donors (Lipinski definition) is 2. The Morgan fingerprint density at radius 2 is 2.09 bits per heavy atom. The third kappa shape index (κ3) is 4.78. The van der Waals surface area contributed by atoms with E-state index in [4.69, 9.17) is 9.47 Å². The van der Waals surface area contributed by atoms with E-state index in [0.29, 0.717) is 34.8 Å². The molecule has 0 spiro atoms. The van der Waals surface area contributed by atoms with Crippen molar-refractivity contribution < 1.29 is 13.9 Å². The second kappa shape index (κ2) is 9.79. The summed E-state index contributed by atoms with van der Waals surface area (Å²) in [6.07, 6.45) is 4.96. The molecule has 34 heavy (non-hydrogen) atoms. The van der Waals surface area contributed by atoms with Crippen molar-refractivity contribution in [1.29, 1.82) is 0 Å². The maximum absolute atomic E-state index is 14.5. The molecule has 1 aromatic rings. The largest absolute Gasteiger partial charge is 0.497 e. The average molecular weight is 532 g/mol.